The molecular weight excluding hydrogens is 861 g/mol. The molecule has 1 aliphatic heterocycles. The van der Waals surface area contributed by atoms with Gasteiger partial charge in [0.1, 0.15) is 36.8 Å². The average Bonchev–Trinajstić information content (AvgIpc) is 3.28. The fraction of sp³-hybridized carbons (Fsp3) is 0.925. The summed E-state index contributed by atoms with van der Waals surface area (Å²) in [6.45, 7) is 3.80. The second kappa shape index (κ2) is 43.4. The number of hydrogen-bond acceptors (Lipinski definition) is 11. The lowest BCUT2D eigenvalue weighted by molar-refractivity contribution is -0.297. The zero-order chi connectivity index (χ0) is 48.4. The van der Waals surface area contributed by atoms with Crippen molar-refractivity contribution in [1.82, 2.24) is 0 Å². The van der Waals surface area contributed by atoms with Gasteiger partial charge in [-0.3, -0.25) is 14.1 Å². The van der Waals surface area contributed by atoms with Crippen LogP contribution in [0.4, 0.5) is 0 Å². The maximum Gasteiger partial charge on any atom is 0.306 e. The van der Waals surface area contributed by atoms with E-state index < -0.39 is 71.2 Å². The molecule has 0 aromatic rings. The number of unbranched alkanes of at least 4 members (excludes halogenated alkanes) is 33. The van der Waals surface area contributed by atoms with E-state index in [0.717, 1.165) is 38.5 Å². The molecule has 1 saturated heterocycles. The van der Waals surface area contributed by atoms with Crippen LogP contribution >= 0.6 is 0 Å². The van der Waals surface area contributed by atoms with E-state index >= 15 is 0 Å². The minimum Gasteiger partial charge on any atom is -0.462 e. The first-order chi connectivity index (χ1) is 32.0. The summed E-state index contributed by atoms with van der Waals surface area (Å²) in [7, 11) is -4.60. The lowest BCUT2D eigenvalue weighted by Gasteiger charge is -2.40. The van der Waals surface area contributed by atoms with Gasteiger partial charge in [0, 0.05) is 12.8 Å². The molecule has 0 saturated carbocycles. The minimum atomic E-state index is -4.60. The van der Waals surface area contributed by atoms with Gasteiger partial charge in [-0.15, -0.1) is 0 Å². The van der Waals surface area contributed by atoms with Crippen molar-refractivity contribution < 1.29 is 56.8 Å². The van der Waals surface area contributed by atoms with Gasteiger partial charge >= 0.3 is 11.9 Å². The van der Waals surface area contributed by atoms with Crippen LogP contribution in [0.25, 0.3) is 0 Å². The van der Waals surface area contributed by atoms with Crippen LogP contribution in [0.5, 0.6) is 0 Å². The van der Waals surface area contributed by atoms with Crippen LogP contribution in [0.15, 0.2) is 12.2 Å². The number of aliphatic hydroxyl groups is 3. The molecule has 2 unspecified atom stereocenters. The number of aliphatic hydroxyl groups excluding tert-OH is 3. The molecular formula is C53H100O12S. The molecule has 0 aromatic heterocycles. The zero-order valence-corrected chi connectivity index (χ0v) is 42.9. The topological polar surface area (TPSA) is 186 Å². The van der Waals surface area contributed by atoms with Crippen molar-refractivity contribution in [2.75, 3.05) is 19.0 Å². The third kappa shape index (κ3) is 37.3. The summed E-state index contributed by atoms with van der Waals surface area (Å²) >= 11 is 0. The van der Waals surface area contributed by atoms with Crippen LogP contribution in [0.3, 0.4) is 0 Å². The number of allylic oxidation sites excluding steroid dienone is 2. The maximum absolute atomic E-state index is 12.9. The Kier molecular flexibility index (Phi) is 41.0. The number of carbonyl (C=O) groups is 2. The minimum absolute atomic E-state index is 0.171. The quantitative estimate of drug-likeness (QED) is 0.0196. The summed E-state index contributed by atoms with van der Waals surface area (Å²) < 4.78 is 54.3. The van der Waals surface area contributed by atoms with Crippen LogP contribution in [-0.4, -0.2) is 96.0 Å². The second-order valence-corrected chi connectivity index (χ2v) is 20.8. The lowest BCUT2D eigenvalue weighted by atomic mass is 10.00. The van der Waals surface area contributed by atoms with Crippen molar-refractivity contribution in [2.45, 2.75) is 295 Å². The molecule has 390 valence electrons. The third-order valence-electron chi connectivity index (χ3n) is 12.8. The highest BCUT2D eigenvalue weighted by Crippen LogP contribution is 2.24. The lowest BCUT2D eigenvalue weighted by Crippen LogP contribution is -2.60. The molecule has 13 heteroatoms. The molecule has 66 heavy (non-hydrogen) atoms. The molecule has 1 aliphatic rings. The van der Waals surface area contributed by atoms with Crippen molar-refractivity contribution in [3.05, 3.63) is 12.2 Å². The van der Waals surface area contributed by atoms with Crippen LogP contribution in [-0.2, 0) is 38.7 Å². The molecule has 0 spiro atoms. The molecule has 12 nitrogen and oxygen atoms in total. The SMILES string of the molecule is CCCCCC/C=C/CCCCCCCCCCCC(=O)OC[C@H](CO[C@H]1O[C@H](CS(=O)(=O)O)[C@@H](O)C(O)C1O)OC(=O)CCCCCCCCCCCCCCCCCCCCCCC. The van der Waals surface area contributed by atoms with E-state index in [2.05, 4.69) is 26.0 Å². The fourth-order valence-electron chi connectivity index (χ4n) is 8.62. The molecule has 0 aromatic carbocycles. The Morgan fingerprint density at radius 3 is 1.27 bits per heavy atom. The first kappa shape index (κ1) is 62.4. The average molecular weight is 961 g/mol. The van der Waals surface area contributed by atoms with Crippen LogP contribution < -0.4 is 0 Å². The highest BCUT2D eigenvalue weighted by Gasteiger charge is 2.46. The number of ether oxygens (including phenoxy) is 4. The molecule has 0 bridgehead atoms. The molecule has 1 rings (SSSR count). The molecule has 0 radical (unpaired) electrons. The monoisotopic (exact) mass is 961 g/mol. The van der Waals surface area contributed by atoms with E-state index in [9.17, 15) is 37.9 Å². The van der Waals surface area contributed by atoms with Crippen LogP contribution in [0, 0.1) is 0 Å². The van der Waals surface area contributed by atoms with Crippen molar-refractivity contribution in [1.29, 1.82) is 0 Å². The number of esters is 2. The summed E-state index contributed by atoms with van der Waals surface area (Å²) in [5.74, 6) is -1.96. The first-order valence-electron chi connectivity index (χ1n) is 27.2. The molecule has 0 amide bonds. The van der Waals surface area contributed by atoms with E-state index in [0.29, 0.717) is 12.8 Å². The fourth-order valence-corrected chi connectivity index (χ4v) is 9.31. The predicted octanol–water partition coefficient (Wildman–Crippen LogP) is 12.6. The third-order valence-corrected chi connectivity index (χ3v) is 13.6. The van der Waals surface area contributed by atoms with Crippen LogP contribution in [0.1, 0.15) is 258 Å². The van der Waals surface area contributed by atoms with Crippen molar-refractivity contribution in [2.24, 2.45) is 0 Å². The zero-order valence-electron chi connectivity index (χ0n) is 42.1. The number of carbonyl (C=O) groups excluding carboxylic acids is 2. The maximum atomic E-state index is 12.9. The Bertz CT molecular complexity index is 1260. The van der Waals surface area contributed by atoms with Gasteiger partial charge in [0.25, 0.3) is 10.1 Å². The Hall–Kier alpha value is -1.61. The van der Waals surface area contributed by atoms with E-state index in [1.165, 1.54) is 180 Å². The van der Waals surface area contributed by atoms with Gasteiger partial charge in [0.2, 0.25) is 0 Å². The van der Waals surface area contributed by atoms with Gasteiger partial charge in [0.15, 0.2) is 12.4 Å². The molecule has 1 fully saturated rings. The van der Waals surface area contributed by atoms with Gasteiger partial charge < -0.3 is 34.3 Å². The second-order valence-electron chi connectivity index (χ2n) is 19.3. The largest absolute Gasteiger partial charge is 0.462 e. The van der Waals surface area contributed by atoms with Gasteiger partial charge in [0.05, 0.1) is 6.61 Å². The summed E-state index contributed by atoms with van der Waals surface area (Å²) in [5, 5.41) is 31.0. The Balaban J connectivity index is 2.33. The van der Waals surface area contributed by atoms with Crippen molar-refractivity contribution in [3.8, 4) is 0 Å². The van der Waals surface area contributed by atoms with E-state index in [4.69, 9.17) is 18.9 Å². The standard InChI is InChI=1S/C53H100O12S/c1-3-5-7-9-11-13-15-17-19-21-22-23-24-26-28-30-32-34-36-38-40-42-49(55)64-46(44-63-53-52(58)51(57)50(56)47(65-53)45-66(59,60)61)43-62-48(54)41-39-37-35-33-31-29-27-25-20-18-16-14-12-10-8-6-4-2/h14,16,46-47,50-53,56-58H,3-13,15,17-45H2,1-2H3,(H,59,60,61)/b16-14+/t46-,47-,50-,51?,52?,53+/m1/s1. The number of hydrogen-bond donors (Lipinski definition) is 4. The molecule has 0 aliphatic carbocycles. The van der Waals surface area contributed by atoms with E-state index in [-0.39, 0.29) is 19.4 Å². The molecule has 4 N–H and O–H groups in total. The Morgan fingerprint density at radius 1 is 0.500 bits per heavy atom. The van der Waals surface area contributed by atoms with E-state index in [1.54, 1.807) is 0 Å². The smallest absolute Gasteiger partial charge is 0.306 e. The molecule has 6 atom stereocenters. The predicted molar refractivity (Wildman–Crippen MR) is 266 cm³/mol. The van der Waals surface area contributed by atoms with Gasteiger partial charge in [-0.2, -0.15) is 8.42 Å². The van der Waals surface area contributed by atoms with Crippen molar-refractivity contribution >= 4 is 22.1 Å². The van der Waals surface area contributed by atoms with Gasteiger partial charge in [-0.25, -0.2) is 0 Å². The Morgan fingerprint density at radius 2 is 0.864 bits per heavy atom. The normalized spacial score (nSPS) is 19.4. The summed E-state index contributed by atoms with van der Waals surface area (Å²) in [6.07, 6.45) is 39.6. The molecule has 1 heterocycles. The van der Waals surface area contributed by atoms with Gasteiger partial charge in [-0.05, 0) is 38.5 Å². The Labute approximate surface area is 403 Å². The summed E-state index contributed by atoms with van der Waals surface area (Å²) in [5.41, 5.74) is 0. The highest BCUT2D eigenvalue weighted by molar-refractivity contribution is 7.85. The van der Waals surface area contributed by atoms with Gasteiger partial charge in [-0.1, -0.05) is 219 Å². The van der Waals surface area contributed by atoms with Crippen LogP contribution in [0.2, 0.25) is 0 Å². The van der Waals surface area contributed by atoms with Crippen molar-refractivity contribution in [3.63, 3.8) is 0 Å². The summed E-state index contributed by atoms with van der Waals surface area (Å²) in [6, 6.07) is 0. The first-order valence-corrected chi connectivity index (χ1v) is 28.9. The summed E-state index contributed by atoms with van der Waals surface area (Å²) in [4.78, 5) is 25.6. The number of rotatable bonds is 47. The highest BCUT2D eigenvalue weighted by atomic mass is 32.2. The van der Waals surface area contributed by atoms with E-state index in [1.807, 2.05) is 0 Å².